The zero-order chi connectivity index (χ0) is 24.0. The number of alkyl carbamates (subject to hydrolysis) is 1. The maximum Gasteiger partial charge on any atom is 0.407 e. The molecule has 3 N–H and O–H groups in total. The van der Waals surface area contributed by atoms with Crippen LogP contribution in [0.25, 0.3) is 0 Å². The molecule has 2 aromatic carbocycles. The highest BCUT2D eigenvalue weighted by Crippen LogP contribution is 2.24. The number of aliphatic hydroxyl groups is 2. The standard InChI is InChI=1S/C22H27NO9S/c1-14-8-10-16(11-9-14)33(27,28)31-13-17-19(24)20(25)18(21(29-2)32-17)23-22(26)30-12-15-6-4-3-5-7-15/h3-11,17-21,24-25H,12-13H2,1-2H3,(H,23,26)/t17-,18-,19-,20-,21+/m1/s1. The van der Waals surface area contributed by atoms with Crippen LogP contribution in [0, 0.1) is 6.92 Å². The SMILES string of the molecule is CO[C@H]1O[C@H](COS(=O)(=O)c2ccc(C)cc2)[C@@H](O)[C@H](O)[C@H]1NC(=O)OCc1ccccc1. The number of aryl methyl sites for hydroxylation is 1. The van der Waals surface area contributed by atoms with Crippen LogP contribution in [0.1, 0.15) is 11.1 Å². The van der Waals surface area contributed by atoms with Crippen molar-refractivity contribution in [1.29, 1.82) is 0 Å². The van der Waals surface area contributed by atoms with Crippen LogP contribution in [-0.2, 0) is 35.1 Å². The fourth-order valence-electron chi connectivity index (χ4n) is 3.25. The third kappa shape index (κ3) is 6.50. The maximum absolute atomic E-state index is 12.4. The van der Waals surface area contributed by atoms with Gasteiger partial charge in [-0.3, -0.25) is 4.18 Å². The van der Waals surface area contributed by atoms with Crippen LogP contribution in [0.3, 0.4) is 0 Å². The quantitative estimate of drug-likeness (QED) is 0.473. The number of methoxy groups -OCH3 is 1. The van der Waals surface area contributed by atoms with Gasteiger partial charge < -0.3 is 29.7 Å². The third-order valence-corrected chi connectivity index (χ3v) is 6.42. The molecule has 1 heterocycles. The Balaban J connectivity index is 1.58. The summed E-state index contributed by atoms with van der Waals surface area (Å²) in [5.41, 5.74) is 1.65. The van der Waals surface area contributed by atoms with Gasteiger partial charge in [-0.1, -0.05) is 48.0 Å². The van der Waals surface area contributed by atoms with Crippen LogP contribution in [0.4, 0.5) is 4.79 Å². The van der Waals surface area contributed by atoms with E-state index in [1.165, 1.54) is 19.2 Å². The smallest absolute Gasteiger partial charge is 0.407 e. The summed E-state index contributed by atoms with van der Waals surface area (Å²) >= 11 is 0. The van der Waals surface area contributed by atoms with Crippen LogP contribution in [-0.4, -0.2) is 69.1 Å². The molecule has 10 nitrogen and oxygen atoms in total. The first kappa shape index (κ1) is 25.1. The van der Waals surface area contributed by atoms with Crippen molar-refractivity contribution in [1.82, 2.24) is 5.32 Å². The summed E-state index contributed by atoms with van der Waals surface area (Å²) in [7, 11) is -2.83. The molecule has 0 bridgehead atoms. The Morgan fingerprint density at radius 2 is 1.73 bits per heavy atom. The molecule has 5 atom stereocenters. The van der Waals surface area contributed by atoms with Crippen molar-refractivity contribution in [3.05, 3.63) is 65.7 Å². The van der Waals surface area contributed by atoms with Crippen molar-refractivity contribution in [3.63, 3.8) is 0 Å². The molecule has 0 aromatic heterocycles. The van der Waals surface area contributed by atoms with Gasteiger partial charge in [0.1, 0.15) is 31.0 Å². The minimum Gasteiger partial charge on any atom is -0.445 e. The lowest BCUT2D eigenvalue weighted by atomic mass is 9.97. The number of carbonyl (C=O) groups excluding carboxylic acids is 1. The maximum atomic E-state index is 12.4. The highest BCUT2D eigenvalue weighted by molar-refractivity contribution is 7.86. The minimum atomic E-state index is -4.11. The van der Waals surface area contributed by atoms with Crippen molar-refractivity contribution in [3.8, 4) is 0 Å². The summed E-state index contributed by atoms with van der Waals surface area (Å²) in [6.07, 6.45) is -6.38. The fraction of sp³-hybridized carbons (Fsp3) is 0.409. The van der Waals surface area contributed by atoms with Crippen molar-refractivity contribution >= 4 is 16.2 Å². The Morgan fingerprint density at radius 3 is 2.36 bits per heavy atom. The molecule has 1 saturated heterocycles. The van der Waals surface area contributed by atoms with Crippen molar-refractivity contribution in [2.75, 3.05) is 13.7 Å². The zero-order valence-corrected chi connectivity index (χ0v) is 19.0. The lowest BCUT2D eigenvalue weighted by Crippen LogP contribution is -2.64. The third-order valence-electron chi connectivity index (χ3n) is 5.13. The summed E-state index contributed by atoms with van der Waals surface area (Å²) in [5, 5.41) is 23.4. The number of carbonyl (C=O) groups is 1. The number of nitrogens with one attached hydrogen (secondary N) is 1. The number of aliphatic hydroxyl groups excluding tert-OH is 2. The Morgan fingerprint density at radius 1 is 1.06 bits per heavy atom. The average molecular weight is 482 g/mol. The van der Waals surface area contributed by atoms with Crippen LogP contribution < -0.4 is 5.32 Å². The lowest BCUT2D eigenvalue weighted by molar-refractivity contribution is -0.260. The molecule has 11 heteroatoms. The van der Waals surface area contributed by atoms with Gasteiger partial charge in [0.15, 0.2) is 6.29 Å². The summed E-state index contributed by atoms with van der Waals surface area (Å²) in [4.78, 5) is 12.1. The molecule has 33 heavy (non-hydrogen) atoms. The minimum absolute atomic E-state index is 0.00385. The fourth-order valence-corrected chi connectivity index (χ4v) is 4.17. The van der Waals surface area contributed by atoms with Crippen LogP contribution in [0.5, 0.6) is 0 Å². The number of benzene rings is 2. The second-order valence-electron chi connectivity index (χ2n) is 7.54. The molecular weight excluding hydrogens is 454 g/mol. The van der Waals surface area contributed by atoms with E-state index < -0.39 is 53.5 Å². The molecule has 0 saturated carbocycles. The van der Waals surface area contributed by atoms with E-state index in [-0.39, 0.29) is 11.5 Å². The Kier molecular flexibility index (Phi) is 8.40. The Labute approximate surface area is 192 Å². The van der Waals surface area contributed by atoms with E-state index in [2.05, 4.69) is 5.32 Å². The molecule has 0 spiro atoms. The molecular formula is C22H27NO9S. The predicted octanol–water partition coefficient (Wildman–Crippen LogP) is 1.09. The van der Waals surface area contributed by atoms with E-state index in [9.17, 15) is 23.4 Å². The monoisotopic (exact) mass is 481 g/mol. The summed E-state index contributed by atoms with van der Waals surface area (Å²) in [6.45, 7) is 1.25. The van der Waals surface area contributed by atoms with Gasteiger partial charge in [-0.25, -0.2) is 4.79 Å². The first-order chi connectivity index (χ1) is 15.7. The molecule has 0 radical (unpaired) electrons. The normalized spacial score (nSPS) is 25.4. The van der Waals surface area contributed by atoms with E-state index in [0.717, 1.165) is 11.1 Å². The highest BCUT2D eigenvalue weighted by Gasteiger charge is 2.46. The Hall–Kier alpha value is -2.54. The molecule has 3 rings (SSSR count). The largest absolute Gasteiger partial charge is 0.445 e. The van der Waals surface area contributed by atoms with E-state index in [0.29, 0.717) is 0 Å². The first-order valence-electron chi connectivity index (χ1n) is 10.2. The molecule has 2 aromatic rings. The number of ether oxygens (including phenoxy) is 3. The molecule has 1 aliphatic heterocycles. The highest BCUT2D eigenvalue weighted by atomic mass is 32.2. The second-order valence-corrected chi connectivity index (χ2v) is 9.16. The van der Waals surface area contributed by atoms with Crippen molar-refractivity contribution in [2.24, 2.45) is 0 Å². The number of hydrogen-bond acceptors (Lipinski definition) is 9. The van der Waals surface area contributed by atoms with E-state index in [1.807, 2.05) is 13.0 Å². The molecule has 180 valence electrons. The zero-order valence-electron chi connectivity index (χ0n) is 18.2. The van der Waals surface area contributed by atoms with Crippen LogP contribution >= 0.6 is 0 Å². The summed E-state index contributed by atoms with van der Waals surface area (Å²) in [6, 6.07) is 13.9. The molecule has 1 aliphatic rings. The molecule has 0 unspecified atom stereocenters. The van der Waals surface area contributed by atoms with Gasteiger partial charge in [0.2, 0.25) is 0 Å². The van der Waals surface area contributed by atoms with Gasteiger partial charge in [0.25, 0.3) is 10.1 Å². The first-order valence-corrected chi connectivity index (χ1v) is 11.6. The van der Waals surface area contributed by atoms with E-state index in [4.69, 9.17) is 18.4 Å². The van der Waals surface area contributed by atoms with Crippen molar-refractivity contribution in [2.45, 2.75) is 49.1 Å². The Bertz CT molecular complexity index is 1010. The average Bonchev–Trinajstić information content (AvgIpc) is 2.81. The van der Waals surface area contributed by atoms with E-state index in [1.54, 1.807) is 36.4 Å². The molecule has 1 fully saturated rings. The summed E-state index contributed by atoms with van der Waals surface area (Å²) < 4.78 is 45.7. The number of amides is 1. The second kappa shape index (κ2) is 11.1. The van der Waals surface area contributed by atoms with Gasteiger partial charge in [-0.2, -0.15) is 8.42 Å². The van der Waals surface area contributed by atoms with Gasteiger partial charge in [-0.15, -0.1) is 0 Å². The lowest BCUT2D eigenvalue weighted by Gasteiger charge is -2.41. The molecule has 0 aliphatic carbocycles. The van der Waals surface area contributed by atoms with Crippen molar-refractivity contribution < 1.29 is 41.8 Å². The number of rotatable bonds is 8. The topological polar surface area (TPSA) is 141 Å². The predicted molar refractivity (Wildman–Crippen MR) is 116 cm³/mol. The number of hydrogen-bond donors (Lipinski definition) is 3. The summed E-state index contributed by atoms with van der Waals surface area (Å²) in [5.74, 6) is 0. The van der Waals surface area contributed by atoms with Crippen LogP contribution in [0.15, 0.2) is 59.5 Å². The van der Waals surface area contributed by atoms with Gasteiger partial charge >= 0.3 is 6.09 Å². The van der Waals surface area contributed by atoms with Gasteiger partial charge in [0.05, 0.1) is 11.5 Å². The molecule has 1 amide bonds. The van der Waals surface area contributed by atoms with Gasteiger partial charge in [0, 0.05) is 7.11 Å². The van der Waals surface area contributed by atoms with E-state index >= 15 is 0 Å². The van der Waals surface area contributed by atoms with Crippen LogP contribution in [0.2, 0.25) is 0 Å². The van der Waals surface area contributed by atoms with Gasteiger partial charge in [-0.05, 0) is 24.6 Å².